The van der Waals surface area contributed by atoms with Gasteiger partial charge in [-0.25, -0.2) is 9.37 Å². The SMILES string of the molecule is Cc1cnc(N2CC(NC(C)C)C2)c(F)c1. The molecule has 1 aliphatic rings. The minimum Gasteiger partial charge on any atom is -0.351 e. The van der Waals surface area contributed by atoms with E-state index >= 15 is 0 Å². The van der Waals surface area contributed by atoms with Crippen molar-refractivity contribution < 1.29 is 4.39 Å². The van der Waals surface area contributed by atoms with Gasteiger partial charge in [0, 0.05) is 31.4 Å². The average Bonchev–Trinajstić information content (AvgIpc) is 2.11. The summed E-state index contributed by atoms with van der Waals surface area (Å²) < 4.78 is 13.6. The van der Waals surface area contributed by atoms with Gasteiger partial charge < -0.3 is 10.2 Å². The maximum Gasteiger partial charge on any atom is 0.165 e. The lowest BCUT2D eigenvalue weighted by Crippen LogP contribution is -2.60. The molecular formula is C12H18FN3. The highest BCUT2D eigenvalue weighted by Gasteiger charge is 2.29. The molecule has 88 valence electrons. The van der Waals surface area contributed by atoms with Crippen molar-refractivity contribution in [2.45, 2.75) is 32.9 Å². The standard InChI is InChI=1S/C12H18FN3/c1-8(2)15-10-6-16(7-10)12-11(13)4-9(3)5-14-12/h4-5,8,10,15H,6-7H2,1-3H3. The van der Waals surface area contributed by atoms with Gasteiger partial charge in [0.1, 0.15) is 0 Å². The molecule has 1 aromatic heterocycles. The lowest BCUT2D eigenvalue weighted by atomic mass is 10.1. The lowest BCUT2D eigenvalue weighted by Gasteiger charge is -2.41. The summed E-state index contributed by atoms with van der Waals surface area (Å²) in [5, 5.41) is 3.42. The van der Waals surface area contributed by atoms with Crippen LogP contribution in [0.1, 0.15) is 19.4 Å². The van der Waals surface area contributed by atoms with Gasteiger partial charge in [0.25, 0.3) is 0 Å². The van der Waals surface area contributed by atoms with Crippen LogP contribution in [0.25, 0.3) is 0 Å². The van der Waals surface area contributed by atoms with Gasteiger partial charge in [-0.3, -0.25) is 0 Å². The Morgan fingerprint density at radius 2 is 2.19 bits per heavy atom. The zero-order valence-corrected chi connectivity index (χ0v) is 10.00. The summed E-state index contributed by atoms with van der Waals surface area (Å²) >= 11 is 0. The predicted octanol–water partition coefficient (Wildman–Crippen LogP) is 1.72. The largest absolute Gasteiger partial charge is 0.351 e. The van der Waals surface area contributed by atoms with Crippen LogP contribution in [0, 0.1) is 12.7 Å². The van der Waals surface area contributed by atoms with Gasteiger partial charge in [-0.2, -0.15) is 0 Å². The molecule has 0 atom stereocenters. The molecule has 4 heteroatoms. The number of nitrogens with one attached hydrogen (secondary N) is 1. The maximum atomic E-state index is 13.6. The summed E-state index contributed by atoms with van der Waals surface area (Å²) in [6.45, 7) is 7.76. The second-order valence-electron chi connectivity index (χ2n) is 4.74. The Morgan fingerprint density at radius 1 is 1.50 bits per heavy atom. The molecule has 0 amide bonds. The fourth-order valence-corrected chi connectivity index (χ4v) is 1.99. The summed E-state index contributed by atoms with van der Waals surface area (Å²) in [4.78, 5) is 6.10. The molecule has 1 N–H and O–H groups in total. The van der Waals surface area contributed by atoms with Crippen LogP contribution < -0.4 is 10.2 Å². The van der Waals surface area contributed by atoms with E-state index in [1.165, 1.54) is 6.07 Å². The van der Waals surface area contributed by atoms with Crippen LogP contribution >= 0.6 is 0 Å². The molecule has 0 aliphatic carbocycles. The summed E-state index contributed by atoms with van der Waals surface area (Å²) in [6, 6.07) is 2.47. The highest BCUT2D eigenvalue weighted by Crippen LogP contribution is 2.22. The molecule has 1 saturated heterocycles. The third kappa shape index (κ3) is 2.32. The molecule has 1 fully saturated rings. The van der Waals surface area contributed by atoms with E-state index < -0.39 is 0 Å². The second kappa shape index (κ2) is 4.37. The van der Waals surface area contributed by atoms with E-state index in [0.717, 1.165) is 18.7 Å². The van der Waals surface area contributed by atoms with Crippen LogP contribution in [0.2, 0.25) is 0 Å². The Hall–Kier alpha value is -1.16. The number of pyridine rings is 1. The van der Waals surface area contributed by atoms with E-state index in [1.54, 1.807) is 6.20 Å². The van der Waals surface area contributed by atoms with E-state index in [9.17, 15) is 4.39 Å². The Balaban J connectivity index is 1.96. The highest BCUT2D eigenvalue weighted by molar-refractivity contribution is 5.44. The average molecular weight is 223 g/mol. The number of aromatic nitrogens is 1. The summed E-state index contributed by atoms with van der Waals surface area (Å²) in [5.74, 6) is 0.260. The van der Waals surface area contributed by atoms with Crippen molar-refractivity contribution in [3.63, 3.8) is 0 Å². The number of hydrogen-bond donors (Lipinski definition) is 1. The first kappa shape index (κ1) is 11.3. The van der Waals surface area contributed by atoms with Crippen molar-refractivity contribution in [1.82, 2.24) is 10.3 Å². The number of halogens is 1. The van der Waals surface area contributed by atoms with Crippen LogP contribution in [-0.2, 0) is 0 Å². The van der Waals surface area contributed by atoms with Crippen molar-refractivity contribution in [3.8, 4) is 0 Å². The van der Waals surface area contributed by atoms with Gasteiger partial charge in [0.15, 0.2) is 11.6 Å². The van der Waals surface area contributed by atoms with Gasteiger partial charge in [0.2, 0.25) is 0 Å². The maximum absolute atomic E-state index is 13.6. The first-order valence-corrected chi connectivity index (χ1v) is 5.69. The Morgan fingerprint density at radius 3 is 2.75 bits per heavy atom. The molecule has 2 rings (SSSR count). The van der Waals surface area contributed by atoms with E-state index in [-0.39, 0.29) is 5.82 Å². The number of hydrogen-bond acceptors (Lipinski definition) is 3. The van der Waals surface area contributed by atoms with Gasteiger partial charge in [-0.05, 0) is 18.6 Å². The first-order chi connectivity index (χ1) is 7.56. The third-order valence-electron chi connectivity index (χ3n) is 2.71. The zero-order valence-electron chi connectivity index (χ0n) is 10.00. The molecule has 2 heterocycles. The van der Waals surface area contributed by atoms with E-state index in [0.29, 0.717) is 17.9 Å². The predicted molar refractivity (Wildman–Crippen MR) is 63.2 cm³/mol. The number of rotatable bonds is 3. The van der Waals surface area contributed by atoms with Crippen molar-refractivity contribution in [2.24, 2.45) is 0 Å². The molecule has 0 saturated carbocycles. The Kier molecular flexibility index (Phi) is 3.10. The topological polar surface area (TPSA) is 28.2 Å². The highest BCUT2D eigenvalue weighted by atomic mass is 19.1. The Bertz CT molecular complexity index is 373. The molecule has 16 heavy (non-hydrogen) atoms. The van der Waals surface area contributed by atoms with Gasteiger partial charge in [-0.1, -0.05) is 13.8 Å². The van der Waals surface area contributed by atoms with Crippen molar-refractivity contribution in [2.75, 3.05) is 18.0 Å². The Labute approximate surface area is 95.7 Å². The number of nitrogens with zero attached hydrogens (tertiary/aromatic N) is 2. The summed E-state index contributed by atoms with van der Waals surface area (Å²) in [7, 11) is 0. The molecule has 0 spiro atoms. The molecule has 0 unspecified atom stereocenters. The molecule has 3 nitrogen and oxygen atoms in total. The van der Waals surface area contributed by atoms with Crippen molar-refractivity contribution in [1.29, 1.82) is 0 Å². The van der Waals surface area contributed by atoms with E-state index in [1.807, 2.05) is 11.8 Å². The fourth-order valence-electron chi connectivity index (χ4n) is 1.99. The molecular weight excluding hydrogens is 205 g/mol. The van der Waals surface area contributed by atoms with Gasteiger partial charge in [-0.15, -0.1) is 0 Å². The zero-order chi connectivity index (χ0) is 11.7. The monoisotopic (exact) mass is 223 g/mol. The molecule has 0 radical (unpaired) electrons. The number of anilines is 1. The third-order valence-corrected chi connectivity index (χ3v) is 2.71. The van der Waals surface area contributed by atoms with Crippen LogP contribution in [-0.4, -0.2) is 30.2 Å². The van der Waals surface area contributed by atoms with Gasteiger partial charge in [0.05, 0.1) is 0 Å². The molecule has 1 aliphatic heterocycles. The van der Waals surface area contributed by atoms with Crippen LogP contribution in [0.4, 0.5) is 10.2 Å². The van der Waals surface area contributed by atoms with Crippen LogP contribution in [0.3, 0.4) is 0 Å². The smallest absolute Gasteiger partial charge is 0.165 e. The van der Waals surface area contributed by atoms with E-state index in [4.69, 9.17) is 0 Å². The van der Waals surface area contributed by atoms with Crippen molar-refractivity contribution in [3.05, 3.63) is 23.6 Å². The fraction of sp³-hybridized carbons (Fsp3) is 0.583. The normalized spacial score (nSPS) is 16.7. The first-order valence-electron chi connectivity index (χ1n) is 5.69. The van der Waals surface area contributed by atoms with Gasteiger partial charge >= 0.3 is 0 Å². The molecule has 1 aromatic rings. The van der Waals surface area contributed by atoms with Crippen molar-refractivity contribution >= 4 is 5.82 Å². The lowest BCUT2D eigenvalue weighted by molar-refractivity contribution is 0.383. The van der Waals surface area contributed by atoms with Crippen LogP contribution in [0.5, 0.6) is 0 Å². The number of aryl methyl sites for hydroxylation is 1. The minimum absolute atomic E-state index is 0.219. The second-order valence-corrected chi connectivity index (χ2v) is 4.74. The summed E-state index contributed by atoms with van der Waals surface area (Å²) in [6.07, 6.45) is 1.71. The summed E-state index contributed by atoms with van der Waals surface area (Å²) in [5.41, 5.74) is 0.860. The van der Waals surface area contributed by atoms with Crippen LogP contribution in [0.15, 0.2) is 12.3 Å². The van der Waals surface area contributed by atoms with E-state index in [2.05, 4.69) is 24.1 Å². The molecule has 0 bridgehead atoms. The quantitative estimate of drug-likeness (QED) is 0.845. The minimum atomic E-state index is -0.219. The molecule has 0 aromatic carbocycles.